The van der Waals surface area contributed by atoms with Crippen molar-refractivity contribution in [3.8, 4) is 0 Å². The number of hydrogen-bond donors (Lipinski definition) is 2. The van der Waals surface area contributed by atoms with Gasteiger partial charge in [-0.05, 0) is 19.8 Å². The maximum absolute atomic E-state index is 12.1. The largest absolute Gasteiger partial charge is 0.374 e. The van der Waals surface area contributed by atoms with Crippen molar-refractivity contribution in [3.63, 3.8) is 0 Å². The van der Waals surface area contributed by atoms with E-state index in [1.54, 1.807) is 7.05 Å². The highest BCUT2D eigenvalue weighted by Gasteiger charge is 2.31. The SMILES string of the molecule is CNc1ncc(S(=O)(=O)NCC2(C)CCCO2)cn1. The number of hydrogen-bond acceptors (Lipinski definition) is 6. The van der Waals surface area contributed by atoms with E-state index in [0.717, 1.165) is 12.8 Å². The molecule has 0 aliphatic carbocycles. The van der Waals surface area contributed by atoms with E-state index in [1.807, 2.05) is 6.92 Å². The summed E-state index contributed by atoms with van der Waals surface area (Å²) in [6.07, 6.45) is 4.36. The van der Waals surface area contributed by atoms with Gasteiger partial charge < -0.3 is 10.1 Å². The van der Waals surface area contributed by atoms with E-state index in [2.05, 4.69) is 20.0 Å². The van der Waals surface area contributed by atoms with Crippen molar-refractivity contribution >= 4 is 16.0 Å². The number of rotatable bonds is 5. The Balaban J connectivity index is 2.05. The van der Waals surface area contributed by atoms with Gasteiger partial charge in [0.2, 0.25) is 16.0 Å². The molecule has 0 aromatic carbocycles. The van der Waals surface area contributed by atoms with Gasteiger partial charge in [0.05, 0.1) is 18.0 Å². The van der Waals surface area contributed by atoms with E-state index in [1.165, 1.54) is 12.4 Å². The second-order valence-corrected chi connectivity index (χ2v) is 6.49. The van der Waals surface area contributed by atoms with Crippen LogP contribution in [0.25, 0.3) is 0 Å². The molecule has 1 aliphatic heterocycles. The van der Waals surface area contributed by atoms with Gasteiger partial charge >= 0.3 is 0 Å². The second-order valence-electron chi connectivity index (χ2n) is 4.72. The van der Waals surface area contributed by atoms with E-state index in [4.69, 9.17) is 4.74 Å². The molecule has 8 heteroatoms. The number of sulfonamides is 1. The van der Waals surface area contributed by atoms with Gasteiger partial charge in [-0.1, -0.05) is 0 Å². The molecule has 0 saturated carbocycles. The lowest BCUT2D eigenvalue weighted by Gasteiger charge is -2.23. The molecule has 0 radical (unpaired) electrons. The highest BCUT2D eigenvalue weighted by atomic mass is 32.2. The molecular formula is C11H18N4O3S. The summed E-state index contributed by atoms with van der Waals surface area (Å²) in [5.41, 5.74) is -0.418. The molecule has 1 saturated heterocycles. The molecule has 1 aromatic rings. The van der Waals surface area contributed by atoms with E-state index in [-0.39, 0.29) is 11.4 Å². The standard InChI is InChI=1S/C11H18N4O3S/c1-11(4-3-5-18-11)8-15-19(16,17)9-6-13-10(12-2)14-7-9/h6-7,15H,3-5,8H2,1-2H3,(H,12,13,14). The summed E-state index contributed by atoms with van der Waals surface area (Å²) in [6.45, 7) is 2.84. The van der Waals surface area contributed by atoms with E-state index in [0.29, 0.717) is 12.6 Å². The Morgan fingerprint density at radius 1 is 1.42 bits per heavy atom. The van der Waals surface area contributed by atoms with Crippen molar-refractivity contribution < 1.29 is 13.2 Å². The lowest BCUT2D eigenvalue weighted by molar-refractivity contribution is 0.0250. The second kappa shape index (κ2) is 5.40. The monoisotopic (exact) mass is 286 g/mol. The normalized spacial score (nSPS) is 23.5. The van der Waals surface area contributed by atoms with Gasteiger partial charge in [0.1, 0.15) is 4.90 Å². The Morgan fingerprint density at radius 3 is 2.63 bits per heavy atom. The van der Waals surface area contributed by atoms with Crippen LogP contribution in [0.2, 0.25) is 0 Å². The van der Waals surface area contributed by atoms with Crippen LogP contribution in [0.15, 0.2) is 17.3 Å². The Morgan fingerprint density at radius 2 is 2.11 bits per heavy atom. The molecule has 19 heavy (non-hydrogen) atoms. The van der Waals surface area contributed by atoms with Crippen LogP contribution in [0.5, 0.6) is 0 Å². The number of aromatic nitrogens is 2. The number of ether oxygens (including phenoxy) is 1. The molecule has 1 fully saturated rings. The molecule has 106 valence electrons. The molecule has 1 unspecified atom stereocenters. The molecule has 0 amide bonds. The van der Waals surface area contributed by atoms with Crippen LogP contribution in [0.4, 0.5) is 5.95 Å². The van der Waals surface area contributed by atoms with Crippen LogP contribution >= 0.6 is 0 Å². The predicted octanol–water partition coefficient (Wildman–Crippen LogP) is 0.366. The fourth-order valence-electron chi connectivity index (χ4n) is 1.89. The van der Waals surface area contributed by atoms with Crippen LogP contribution in [0.1, 0.15) is 19.8 Å². The summed E-state index contributed by atoms with van der Waals surface area (Å²) in [5, 5.41) is 2.73. The zero-order valence-corrected chi connectivity index (χ0v) is 11.8. The van der Waals surface area contributed by atoms with Gasteiger partial charge in [0.15, 0.2) is 0 Å². The predicted molar refractivity (Wildman–Crippen MR) is 70.4 cm³/mol. The van der Waals surface area contributed by atoms with Crippen molar-refractivity contribution in [2.24, 2.45) is 0 Å². The van der Waals surface area contributed by atoms with Gasteiger partial charge in [-0.15, -0.1) is 0 Å². The summed E-state index contributed by atoms with van der Waals surface area (Å²) in [6, 6.07) is 0. The van der Waals surface area contributed by atoms with Gasteiger partial charge in [-0.2, -0.15) is 0 Å². The first kappa shape index (κ1) is 14.2. The fraction of sp³-hybridized carbons (Fsp3) is 0.636. The zero-order chi connectivity index (χ0) is 13.9. The van der Waals surface area contributed by atoms with Crippen LogP contribution in [0, 0.1) is 0 Å². The van der Waals surface area contributed by atoms with E-state index < -0.39 is 15.6 Å². The Kier molecular flexibility index (Phi) is 4.02. The van der Waals surface area contributed by atoms with Crippen LogP contribution in [-0.2, 0) is 14.8 Å². The molecule has 1 aromatic heterocycles. The first-order valence-electron chi connectivity index (χ1n) is 6.09. The number of nitrogens with one attached hydrogen (secondary N) is 2. The third kappa shape index (κ3) is 3.40. The zero-order valence-electron chi connectivity index (χ0n) is 11.0. The van der Waals surface area contributed by atoms with E-state index >= 15 is 0 Å². The number of anilines is 1. The van der Waals surface area contributed by atoms with Crippen molar-refractivity contribution in [2.75, 3.05) is 25.5 Å². The molecule has 1 atom stereocenters. The number of nitrogens with zero attached hydrogens (tertiary/aromatic N) is 2. The third-order valence-electron chi connectivity index (χ3n) is 3.10. The fourth-order valence-corrected chi connectivity index (χ4v) is 2.94. The topological polar surface area (TPSA) is 93.2 Å². The molecule has 2 heterocycles. The highest BCUT2D eigenvalue weighted by molar-refractivity contribution is 7.89. The smallest absolute Gasteiger partial charge is 0.243 e. The van der Waals surface area contributed by atoms with Crippen molar-refractivity contribution in [1.29, 1.82) is 0 Å². The van der Waals surface area contributed by atoms with Gasteiger partial charge in [0.25, 0.3) is 0 Å². The van der Waals surface area contributed by atoms with E-state index in [9.17, 15) is 8.42 Å². The minimum Gasteiger partial charge on any atom is -0.374 e. The summed E-state index contributed by atoms with van der Waals surface area (Å²) < 4.78 is 32.2. The molecule has 0 spiro atoms. The highest BCUT2D eigenvalue weighted by Crippen LogP contribution is 2.24. The Bertz CT molecular complexity index is 523. The summed E-state index contributed by atoms with van der Waals surface area (Å²) in [4.78, 5) is 7.82. The first-order chi connectivity index (χ1) is 8.95. The van der Waals surface area contributed by atoms with Gasteiger partial charge in [-0.25, -0.2) is 23.1 Å². The molecule has 2 N–H and O–H groups in total. The van der Waals surface area contributed by atoms with Gasteiger partial charge in [-0.3, -0.25) is 0 Å². The lowest BCUT2D eigenvalue weighted by atomic mass is 10.0. The maximum atomic E-state index is 12.1. The van der Waals surface area contributed by atoms with Crippen LogP contribution < -0.4 is 10.0 Å². The summed E-state index contributed by atoms with van der Waals surface area (Å²) in [7, 11) is -1.93. The molecule has 1 aliphatic rings. The average Bonchev–Trinajstić information content (AvgIpc) is 2.84. The average molecular weight is 286 g/mol. The minimum absolute atomic E-state index is 0.0492. The third-order valence-corrected chi connectivity index (χ3v) is 4.45. The molecule has 2 rings (SSSR count). The van der Waals surface area contributed by atoms with Crippen molar-refractivity contribution in [2.45, 2.75) is 30.3 Å². The van der Waals surface area contributed by atoms with Crippen LogP contribution in [0.3, 0.4) is 0 Å². The van der Waals surface area contributed by atoms with Crippen molar-refractivity contribution in [3.05, 3.63) is 12.4 Å². The molecule has 0 bridgehead atoms. The quantitative estimate of drug-likeness (QED) is 0.812. The Hall–Kier alpha value is -1.25. The van der Waals surface area contributed by atoms with Gasteiger partial charge in [0, 0.05) is 20.2 Å². The first-order valence-corrected chi connectivity index (χ1v) is 7.57. The maximum Gasteiger partial charge on any atom is 0.243 e. The summed E-state index contributed by atoms with van der Waals surface area (Å²) in [5.74, 6) is 0.380. The Labute approximate surface area is 112 Å². The minimum atomic E-state index is -3.59. The van der Waals surface area contributed by atoms with Crippen molar-refractivity contribution in [1.82, 2.24) is 14.7 Å². The summed E-state index contributed by atoms with van der Waals surface area (Å²) >= 11 is 0. The lowest BCUT2D eigenvalue weighted by Crippen LogP contribution is -2.40. The molecular weight excluding hydrogens is 268 g/mol. The molecule has 7 nitrogen and oxygen atoms in total. The van der Waals surface area contributed by atoms with Crippen LogP contribution in [-0.4, -0.2) is 44.2 Å².